The van der Waals surface area contributed by atoms with E-state index in [2.05, 4.69) is 15.7 Å². The van der Waals surface area contributed by atoms with Gasteiger partial charge < -0.3 is 15.4 Å². The van der Waals surface area contributed by atoms with Gasteiger partial charge in [-0.1, -0.05) is 6.42 Å². The number of esters is 1. The third kappa shape index (κ3) is 4.19. The number of fused-ring (bicyclic) bond motifs is 1. The second-order valence-corrected chi connectivity index (χ2v) is 7.60. The van der Waals surface area contributed by atoms with Crippen LogP contribution in [0.4, 0.5) is 5.00 Å². The van der Waals surface area contributed by atoms with Gasteiger partial charge in [0.1, 0.15) is 5.00 Å². The molecule has 2 aromatic rings. The second kappa shape index (κ2) is 7.97. The summed E-state index contributed by atoms with van der Waals surface area (Å²) >= 11 is 7.01. The van der Waals surface area contributed by atoms with Gasteiger partial charge in [0.15, 0.2) is 5.11 Å². The quantitative estimate of drug-likeness (QED) is 0.484. The van der Waals surface area contributed by atoms with Crippen LogP contribution in [0.25, 0.3) is 0 Å². The molecule has 0 radical (unpaired) electrons. The van der Waals surface area contributed by atoms with E-state index in [-0.39, 0.29) is 5.97 Å². The van der Waals surface area contributed by atoms with E-state index in [0.717, 1.165) is 41.8 Å². The summed E-state index contributed by atoms with van der Waals surface area (Å²) in [7, 11) is 3.30. The van der Waals surface area contributed by atoms with Gasteiger partial charge >= 0.3 is 5.97 Å². The summed E-state index contributed by atoms with van der Waals surface area (Å²) in [6, 6.07) is 0. The standard InChI is InChI=1S/C17H22N4O2S2/c1-21-10-11(9-19-21)8-18-17(24)20-15-14(16(22)23-2)12-6-4-3-5-7-13(12)25-15/h9-10H,3-8H2,1-2H3,(H2,18,20,24). The Morgan fingerprint density at radius 2 is 2.20 bits per heavy atom. The lowest BCUT2D eigenvalue weighted by atomic mass is 10.1. The van der Waals surface area contributed by atoms with E-state index in [0.29, 0.717) is 17.2 Å². The van der Waals surface area contributed by atoms with E-state index in [1.807, 2.05) is 13.2 Å². The molecule has 134 valence electrons. The second-order valence-electron chi connectivity index (χ2n) is 6.09. The Labute approximate surface area is 156 Å². The number of rotatable bonds is 4. The van der Waals surface area contributed by atoms with Gasteiger partial charge in [0.2, 0.25) is 0 Å². The molecule has 0 bridgehead atoms. The predicted octanol–water partition coefficient (Wildman–Crippen LogP) is 3.02. The van der Waals surface area contributed by atoms with Crippen molar-refractivity contribution in [2.24, 2.45) is 7.05 Å². The van der Waals surface area contributed by atoms with Gasteiger partial charge in [-0.25, -0.2) is 4.79 Å². The minimum Gasteiger partial charge on any atom is -0.465 e. The molecule has 0 unspecified atom stereocenters. The molecule has 0 spiro atoms. The molecule has 0 saturated heterocycles. The highest BCUT2D eigenvalue weighted by molar-refractivity contribution is 7.80. The van der Waals surface area contributed by atoms with Crippen LogP contribution < -0.4 is 10.6 Å². The van der Waals surface area contributed by atoms with Gasteiger partial charge in [-0.2, -0.15) is 5.10 Å². The highest BCUT2D eigenvalue weighted by Crippen LogP contribution is 2.37. The van der Waals surface area contributed by atoms with Crippen molar-refractivity contribution >= 4 is 39.6 Å². The van der Waals surface area contributed by atoms with Gasteiger partial charge in [-0.15, -0.1) is 11.3 Å². The first-order valence-corrected chi connectivity index (χ1v) is 9.56. The highest BCUT2D eigenvalue weighted by Gasteiger charge is 2.25. The van der Waals surface area contributed by atoms with Gasteiger partial charge in [-0.05, 0) is 43.5 Å². The maximum absolute atomic E-state index is 12.3. The van der Waals surface area contributed by atoms with Crippen molar-refractivity contribution < 1.29 is 9.53 Å². The average Bonchev–Trinajstić information content (AvgIpc) is 3.08. The van der Waals surface area contributed by atoms with Gasteiger partial charge in [0.25, 0.3) is 0 Å². The number of carbonyl (C=O) groups excluding carboxylic acids is 1. The van der Waals surface area contributed by atoms with Crippen LogP contribution in [0, 0.1) is 0 Å². The van der Waals surface area contributed by atoms with Crippen LogP contribution in [0.3, 0.4) is 0 Å². The number of hydrogen-bond acceptors (Lipinski definition) is 5. The van der Waals surface area contributed by atoms with Crippen LogP contribution in [-0.4, -0.2) is 28.0 Å². The van der Waals surface area contributed by atoms with Crippen molar-refractivity contribution in [3.05, 3.63) is 34.0 Å². The number of aromatic nitrogens is 2. The van der Waals surface area contributed by atoms with Crippen LogP contribution in [0.5, 0.6) is 0 Å². The molecular weight excluding hydrogens is 356 g/mol. The number of ether oxygens (including phenoxy) is 1. The van der Waals surface area contributed by atoms with Crippen LogP contribution in [-0.2, 0) is 31.2 Å². The summed E-state index contributed by atoms with van der Waals surface area (Å²) in [6.45, 7) is 0.582. The monoisotopic (exact) mass is 378 g/mol. The first-order valence-electron chi connectivity index (χ1n) is 8.33. The number of methoxy groups -OCH3 is 1. The fraction of sp³-hybridized carbons (Fsp3) is 0.471. The normalized spacial score (nSPS) is 13.7. The Kier molecular flexibility index (Phi) is 5.70. The lowest BCUT2D eigenvalue weighted by molar-refractivity contribution is 0.0601. The SMILES string of the molecule is COC(=O)c1c(NC(=S)NCc2cnn(C)c2)sc2c1CCCCC2. The van der Waals surface area contributed by atoms with E-state index < -0.39 is 0 Å². The fourth-order valence-electron chi connectivity index (χ4n) is 3.04. The van der Waals surface area contributed by atoms with Crippen molar-refractivity contribution in [1.82, 2.24) is 15.1 Å². The van der Waals surface area contributed by atoms with Crippen LogP contribution in [0.15, 0.2) is 12.4 Å². The molecule has 0 aliphatic heterocycles. The van der Waals surface area contributed by atoms with Crippen molar-refractivity contribution in [2.75, 3.05) is 12.4 Å². The Hall–Kier alpha value is -1.93. The molecule has 2 aromatic heterocycles. The van der Waals surface area contributed by atoms with E-state index in [4.69, 9.17) is 17.0 Å². The molecule has 1 aliphatic carbocycles. The van der Waals surface area contributed by atoms with Gasteiger partial charge in [-0.3, -0.25) is 4.68 Å². The van der Waals surface area contributed by atoms with Crippen molar-refractivity contribution in [3.63, 3.8) is 0 Å². The predicted molar refractivity (Wildman–Crippen MR) is 103 cm³/mol. The van der Waals surface area contributed by atoms with E-state index in [9.17, 15) is 4.79 Å². The Morgan fingerprint density at radius 1 is 1.40 bits per heavy atom. The van der Waals surface area contributed by atoms with E-state index in [1.165, 1.54) is 18.4 Å². The molecule has 6 nitrogen and oxygen atoms in total. The number of nitrogens with one attached hydrogen (secondary N) is 2. The highest BCUT2D eigenvalue weighted by atomic mass is 32.1. The molecule has 0 atom stereocenters. The van der Waals surface area contributed by atoms with E-state index in [1.54, 1.807) is 22.2 Å². The lowest BCUT2D eigenvalue weighted by Crippen LogP contribution is -2.28. The third-order valence-corrected chi connectivity index (χ3v) is 5.70. The van der Waals surface area contributed by atoms with Crippen molar-refractivity contribution in [3.8, 4) is 0 Å². The number of thiocarbonyl (C=S) groups is 1. The molecular formula is C17H22N4O2S2. The summed E-state index contributed by atoms with van der Waals surface area (Å²) in [4.78, 5) is 13.6. The summed E-state index contributed by atoms with van der Waals surface area (Å²) in [6.07, 6.45) is 9.14. The molecule has 0 saturated carbocycles. The number of carbonyl (C=O) groups is 1. The fourth-order valence-corrected chi connectivity index (χ4v) is 4.56. The van der Waals surface area contributed by atoms with Crippen LogP contribution in [0.2, 0.25) is 0 Å². The summed E-state index contributed by atoms with van der Waals surface area (Å²) in [5.74, 6) is -0.294. The molecule has 2 N–H and O–H groups in total. The molecule has 8 heteroatoms. The number of nitrogens with zero attached hydrogens (tertiary/aromatic N) is 2. The van der Waals surface area contributed by atoms with Gasteiger partial charge in [0, 0.05) is 30.2 Å². The third-order valence-electron chi connectivity index (χ3n) is 4.25. The Morgan fingerprint density at radius 3 is 2.92 bits per heavy atom. The number of aryl methyl sites for hydroxylation is 2. The largest absolute Gasteiger partial charge is 0.465 e. The number of anilines is 1. The zero-order valence-electron chi connectivity index (χ0n) is 14.4. The molecule has 25 heavy (non-hydrogen) atoms. The molecule has 0 amide bonds. The Bertz CT molecular complexity index is 782. The minimum absolute atomic E-state index is 0.294. The summed E-state index contributed by atoms with van der Waals surface area (Å²) < 4.78 is 6.76. The molecule has 1 aliphatic rings. The van der Waals surface area contributed by atoms with Crippen molar-refractivity contribution in [2.45, 2.75) is 38.6 Å². The topological polar surface area (TPSA) is 68.2 Å². The zero-order chi connectivity index (χ0) is 17.8. The molecule has 3 rings (SSSR count). The first kappa shape index (κ1) is 17.9. The Balaban J connectivity index is 1.74. The maximum atomic E-state index is 12.3. The average molecular weight is 379 g/mol. The maximum Gasteiger partial charge on any atom is 0.341 e. The molecule has 2 heterocycles. The minimum atomic E-state index is -0.294. The number of thiophene rings is 1. The smallest absolute Gasteiger partial charge is 0.341 e. The molecule has 0 fully saturated rings. The summed E-state index contributed by atoms with van der Waals surface area (Å²) in [5.41, 5.74) is 2.82. The molecule has 0 aromatic carbocycles. The lowest BCUT2D eigenvalue weighted by Gasteiger charge is -2.10. The number of hydrogen-bond donors (Lipinski definition) is 2. The van der Waals surface area contributed by atoms with Crippen LogP contribution >= 0.6 is 23.6 Å². The first-order chi connectivity index (χ1) is 12.1. The zero-order valence-corrected chi connectivity index (χ0v) is 16.1. The summed E-state index contributed by atoms with van der Waals surface area (Å²) in [5, 5.41) is 11.8. The van der Waals surface area contributed by atoms with E-state index >= 15 is 0 Å². The van der Waals surface area contributed by atoms with Crippen LogP contribution in [0.1, 0.15) is 45.6 Å². The van der Waals surface area contributed by atoms with Crippen molar-refractivity contribution in [1.29, 1.82) is 0 Å². The van der Waals surface area contributed by atoms with Gasteiger partial charge in [0.05, 0.1) is 18.9 Å².